The van der Waals surface area contributed by atoms with Crippen molar-refractivity contribution in [1.29, 1.82) is 0 Å². The van der Waals surface area contributed by atoms with Gasteiger partial charge in [-0.25, -0.2) is 0 Å². The fourth-order valence-corrected chi connectivity index (χ4v) is 1.10. The van der Waals surface area contributed by atoms with Crippen LogP contribution in [0.1, 0.15) is 13.3 Å². The van der Waals surface area contributed by atoms with E-state index >= 15 is 0 Å². The van der Waals surface area contributed by atoms with E-state index in [0.29, 0.717) is 0 Å². The summed E-state index contributed by atoms with van der Waals surface area (Å²) in [7, 11) is 3.18. The van der Waals surface area contributed by atoms with Crippen molar-refractivity contribution in [3.8, 4) is 0 Å². The van der Waals surface area contributed by atoms with Gasteiger partial charge in [0, 0.05) is 14.1 Å². The van der Waals surface area contributed by atoms with Gasteiger partial charge < -0.3 is 9.80 Å². The maximum absolute atomic E-state index is 11.2. The smallest absolute Gasteiger partial charge is 0.234 e. The molecule has 2 amide bonds. The molecule has 12 heavy (non-hydrogen) atoms. The molecule has 1 aliphatic heterocycles. The summed E-state index contributed by atoms with van der Waals surface area (Å²) in [5.74, 6) is -1.46. The van der Waals surface area contributed by atoms with Gasteiger partial charge in [0.1, 0.15) is 6.42 Å². The minimum atomic E-state index is -0.994. The Morgan fingerprint density at radius 1 is 1.25 bits per heavy atom. The molecule has 0 aromatic carbocycles. The van der Waals surface area contributed by atoms with Gasteiger partial charge in [-0.3, -0.25) is 15.3 Å². The Hall–Kier alpha value is -1.10. The van der Waals surface area contributed by atoms with Crippen molar-refractivity contribution in [3.63, 3.8) is 0 Å². The number of rotatable bonds is 0. The van der Waals surface area contributed by atoms with Crippen LogP contribution in [0.25, 0.3) is 0 Å². The number of nitrogens with two attached hydrogens (primary N) is 1. The Kier molecular flexibility index (Phi) is 1.83. The number of nitrogens with zero attached hydrogens (tertiary/aromatic N) is 2. The Morgan fingerprint density at radius 3 is 1.92 bits per heavy atom. The van der Waals surface area contributed by atoms with Gasteiger partial charge in [-0.2, -0.15) is 0 Å². The molecule has 2 N–H and O–H groups in total. The first-order chi connectivity index (χ1) is 5.37. The highest BCUT2D eigenvalue weighted by molar-refractivity contribution is 5.99. The van der Waals surface area contributed by atoms with Gasteiger partial charge in [-0.1, -0.05) is 0 Å². The predicted molar refractivity (Wildman–Crippen MR) is 42.7 cm³/mol. The highest BCUT2D eigenvalue weighted by Gasteiger charge is 2.41. The van der Waals surface area contributed by atoms with Crippen molar-refractivity contribution in [2.75, 3.05) is 14.1 Å². The molecule has 0 unspecified atom stereocenters. The summed E-state index contributed by atoms with van der Waals surface area (Å²) in [6.45, 7) is 1.63. The average Bonchev–Trinajstić information content (AvgIpc) is 1.99. The number of hydrogen-bond acceptors (Lipinski definition) is 3. The molecule has 0 atom stereocenters. The highest BCUT2D eigenvalue weighted by Crippen LogP contribution is 2.18. The molecule has 0 radical (unpaired) electrons. The van der Waals surface area contributed by atoms with E-state index in [4.69, 9.17) is 5.73 Å². The van der Waals surface area contributed by atoms with Gasteiger partial charge in [-0.05, 0) is 6.92 Å². The SMILES string of the molecule is CN1C(=O)CC(=O)N(C)C1(C)N. The number of carbonyl (C=O) groups is 2. The Balaban J connectivity index is 2.97. The molecule has 1 aliphatic rings. The zero-order chi connectivity index (χ0) is 9.52. The minimum Gasteiger partial charge on any atom is -0.310 e. The average molecular weight is 171 g/mol. The fraction of sp³-hybridized carbons (Fsp3) is 0.714. The molecule has 0 aromatic rings. The molecular weight excluding hydrogens is 158 g/mol. The third kappa shape index (κ3) is 1.06. The van der Waals surface area contributed by atoms with Crippen LogP contribution >= 0.6 is 0 Å². The van der Waals surface area contributed by atoms with Crippen LogP contribution in [0.3, 0.4) is 0 Å². The molecule has 1 fully saturated rings. The first-order valence-corrected chi connectivity index (χ1v) is 3.69. The van der Waals surface area contributed by atoms with Crippen LogP contribution < -0.4 is 5.73 Å². The Morgan fingerprint density at radius 2 is 1.58 bits per heavy atom. The normalized spacial score (nSPS) is 23.3. The molecule has 5 heteroatoms. The predicted octanol–water partition coefficient (Wildman–Crippen LogP) is -1.06. The largest absolute Gasteiger partial charge is 0.310 e. The molecule has 68 valence electrons. The lowest BCUT2D eigenvalue weighted by Crippen LogP contribution is -2.69. The summed E-state index contributed by atoms with van der Waals surface area (Å²) < 4.78 is 0. The lowest BCUT2D eigenvalue weighted by Gasteiger charge is -2.45. The maximum Gasteiger partial charge on any atom is 0.234 e. The third-order valence-electron chi connectivity index (χ3n) is 2.41. The van der Waals surface area contributed by atoms with Crippen LogP contribution in [0, 0.1) is 0 Å². The van der Waals surface area contributed by atoms with E-state index in [1.807, 2.05) is 0 Å². The van der Waals surface area contributed by atoms with Gasteiger partial charge in [0.05, 0.1) is 0 Å². The van der Waals surface area contributed by atoms with E-state index in [-0.39, 0.29) is 18.2 Å². The molecule has 0 saturated carbocycles. The lowest BCUT2D eigenvalue weighted by molar-refractivity contribution is -0.164. The van der Waals surface area contributed by atoms with Gasteiger partial charge in [-0.15, -0.1) is 0 Å². The number of carbonyl (C=O) groups excluding carboxylic acids is 2. The molecule has 5 nitrogen and oxygen atoms in total. The molecule has 0 spiro atoms. The van der Waals surface area contributed by atoms with Gasteiger partial charge in [0.25, 0.3) is 0 Å². The Bertz CT molecular complexity index is 215. The second-order valence-corrected chi connectivity index (χ2v) is 3.18. The van der Waals surface area contributed by atoms with Crippen molar-refractivity contribution in [2.45, 2.75) is 19.1 Å². The topological polar surface area (TPSA) is 66.6 Å². The van der Waals surface area contributed by atoms with E-state index in [2.05, 4.69) is 0 Å². The molecule has 0 aliphatic carbocycles. The van der Waals surface area contributed by atoms with Crippen molar-refractivity contribution >= 4 is 11.8 Å². The zero-order valence-electron chi connectivity index (χ0n) is 7.50. The second kappa shape index (κ2) is 2.45. The van der Waals surface area contributed by atoms with Crippen LogP contribution in [-0.2, 0) is 9.59 Å². The summed E-state index contributed by atoms with van der Waals surface area (Å²) in [4.78, 5) is 25.1. The first kappa shape index (κ1) is 8.99. The van der Waals surface area contributed by atoms with Crippen LogP contribution in [-0.4, -0.2) is 41.5 Å². The second-order valence-electron chi connectivity index (χ2n) is 3.18. The quantitative estimate of drug-likeness (QED) is 0.472. The first-order valence-electron chi connectivity index (χ1n) is 3.69. The van der Waals surface area contributed by atoms with E-state index in [0.717, 1.165) is 0 Å². The summed E-state index contributed by atoms with van der Waals surface area (Å²) in [5, 5.41) is 0. The molecule has 1 rings (SSSR count). The summed E-state index contributed by atoms with van der Waals surface area (Å²) >= 11 is 0. The summed E-state index contributed by atoms with van der Waals surface area (Å²) in [5.41, 5.74) is 5.76. The number of hydrogen-bond donors (Lipinski definition) is 1. The Labute approximate surface area is 71.1 Å². The van der Waals surface area contributed by atoms with Crippen LogP contribution in [0.4, 0.5) is 0 Å². The molecule has 0 aromatic heterocycles. The summed E-state index contributed by atoms with van der Waals surface area (Å²) in [6.07, 6.45) is -0.0835. The van der Waals surface area contributed by atoms with Crippen molar-refractivity contribution in [2.24, 2.45) is 5.73 Å². The minimum absolute atomic E-state index is 0.0835. The lowest BCUT2D eigenvalue weighted by atomic mass is 10.2. The van der Waals surface area contributed by atoms with E-state index in [9.17, 15) is 9.59 Å². The molecule has 0 bridgehead atoms. The van der Waals surface area contributed by atoms with Crippen molar-refractivity contribution in [3.05, 3.63) is 0 Å². The molecule has 1 heterocycles. The van der Waals surface area contributed by atoms with Gasteiger partial charge >= 0.3 is 0 Å². The van der Waals surface area contributed by atoms with Crippen LogP contribution in [0.15, 0.2) is 0 Å². The fourth-order valence-electron chi connectivity index (χ4n) is 1.10. The van der Waals surface area contributed by atoms with Gasteiger partial charge in [0.15, 0.2) is 5.79 Å². The van der Waals surface area contributed by atoms with E-state index < -0.39 is 5.79 Å². The monoisotopic (exact) mass is 171 g/mol. The molecular formula is C7H13N3O2. The summed E-state index contributed by atoms with van der Waals surface area (Å²) in [6, 6.07) is 0. The van der Waals surface area contributed by atoms with Crippen molar-refractivity contribution < 1.29 is 9.59 Å². The standard InChI is InChI=1S/C7H13N3O2/c1-7(8)9(2)5(11)4-6(12)10(7)3/h4,8H2,1-3H3. The van der Waals surface area contributed by atoms with E-state index in [1.54, 1.807) is 21.0 Å². The maximum atomic E-state index is 11.2. The zero-order valence-corrected chi connectivity index (χ0v) is 7.50. The van der Waals surface area contributed by atoms with E-state index in [1.165, 1.54) is 9.80 Å². The van der Waals surface area contributed by atoms with Crippen LogP contribution in [0.2, 0.25) is 0 Å². The van der Waals surface area contributed by atoms with Gasteiger partial charge in [0.2, 0.25) is 11.8 Å². The van der Waals surface area contributed by atoms with Crippen molar-refractivity contribution in [1.82, 2.24) is 9.80 Å². The molecule has 1 saturated heterocycles. The number of amides is 2. The van der Waals surface area contributed by atoms with Crippen LogP contribution in [0.5, 0.6) is 0 Å². The highest BCUT2D eigenvalue weighted by atomic mass is 16.2. The third-order valence-corrected chi connectivity index (χ3v) is 2.41.